The number of nitrogens with zero attached hydrogens (tertiary/aromatic N) is 1. The van der Waals surface area contributed by atoms with Crippen molar-refractivity contribution in [2.75, 3.05) is 6.54 Å². The van der Waals surface area contributed by atoms with Gasteiger partial charge in [0, 0.05) is 6.54 Å². The van der Waals surface area contributed by atoms with E-state index in [1.165, 1.54) is 10.4 Å². The predicted octanol–water partition coefficient (Wildman–Crippen LogP) is 4.23. The summed E-state index contributed by atoms with van der Waals surface area (Å²) in [5, 5.41) is 0.313. The first kappa shape index (κ1) is 18.8. The van der Waals surface area contributed by atoms with E-state index in [2.05, 4.69) is 15.9 Å². The van der Waals surface area contributed by atoms with Crippen LogP contribution in [0.1, 0.15) is 18.4 Å². The van der Waals surface area contributed by atoms with Crippen molar-refractivity contribution in [1.29, 1.82) is 0 Å². The van der Waals surface area contributed by atoms with E-state index in [1.54, 1.807) is 24.3 Å². The van der Waals surface area contributed by atoms with E-state index < -0.39 is 22.0 Å². The molecule has 2 aromatic rings. The standard InChI is InChI=1S/C16H15BrClNO4S2/c1-10-4-5-11(18)13(9-10)23-16(20)12-3-2-8-19(12)25(21,22)15-7-6-14(17)24-15/h4-7,9,12H,2-3,8H2,1H3/t12-/m0/s1. The molecule has 1 aliphatic heterocycles. The number of esters is 1. The van der Waals surface area contributed by atoms with Gasteiger partial charge >= 0.3 is 5.97 Å². The molecule has 1 fully saturated rings. The zero-order chi connectivity index (χ0) is 18.2. The van der Waals surface area contributed by atoms with Crippen LogP contribution in [0.2, 0.25) is 5.02 Å². The first-order valence-electron chi connectivity index (χ1n) is 7.54. The van der Waals surface area contributed by atoms with Crippen LogP contribution in [0.5, 0.6) is 5.75 Å². The summed E-state index contributed by atoms with van der Waals surface area (Å²) in [6.07, 6.45) is 1.03. The Balaban J connectivity index is 1.84. The van der Waals surface area contributed by atoms with Gasteiger partial charge in [-0.25, -0.2) is 13.2 Å². The third-order valence-corrected chi connectivity index (χ3v) is 8.20. The Morgan fingerprint density at radius 3 is 2.80 bits per heavy atom. The van der Waals surface area contributed by atoms with Crippen molar-refractivity contribution in [1.82, 2.24) is 4.31 Å². The molecule has 0 N–H and O–H groups in total. The Morgan fingerprint density at radius 1 is 1.36 bits per heavy atom. The SMILES string of the molecule is Cc1ccc(Cl)c(OC(=O)[C@@H]2CCCN2S(=O)(=O)c2ccc(Br)s2)c1. The van der Waals surface area contributed by atoms with E-state index in [0.29, 0.717) is 24.4 Å². The third kappa shape index (κ3) is 3.93. The Morgan fingerprint density at radius 2 is 2.12 bits per heavy atom. The molecule has 0 spiro atoms. The second-order valence-electron chi connectivity index (χ2n) is 5.69. The number of hydrogen-bond donors (Lipinski definition) is 0. The molecule has 1 atom stereocenters. The molecule has 0 aliphatic carbocycles. The average molecular weight is 465 g/mol. The fourth-order valence-electron chi connectivity index (χ4n) is 2.68. The zero-order valence-corrected chi connectivity index (χ0v) is 17.2. The van der Waals surface area contributed by atoms with Crippen molar-refractivity contribution in [3.8, 4) is 5.75 Å². The summed E-state index contributed by atoms with van der Waals surface area (Å²) < 4.78 is 33.2. The van der Waals surface area contributed by atoms with Crippen LogP contribution in [0, 0.1) is 6.92 Å². The number of benzene rings is 1. The van der Waals surface area contributed by atoms with Gasteiger partial charge in [0.25, 0.3) is 10.0 Å². The van der Waals surface area contributed by atoms with Gasteiger partial charge in [0.2, 0.25) is 0 Å². The molecule has 0 unspecified atom stereocenters. The van der Waals surface area contributed by atoms with Crippen molar-refractivity contribution < 1.29 is 17.9 Å². The molecule has 1 aromatic heterocycles. The summed E-state index contributed by atoms with van der Waals surface area (Å²) in [5.41, 5.74) is 0.895. The van der Waals surface area contributed by atoms with Crippen LogP contribution in [0.15, 0.2) is 38.3 Å². The molecule has 3 rings (SSSR count). The number of carbonyl (C=O) groups is 1. The Kier molecular flexibility index (Phi) is 5.55. The van der Waals surface area contributed by atoms with Crippen LogP contribution in [0.4, 0.5) is 0 Å². The molecule has 25 heavy (non-hydrogen) atoms. The smallest absolute Gasteiger partial charge is 0.329 e. The average Bonchev–Trinajstić information content (AvgIpc) is 3.20. The van der Waals surface area contributed by atoms with Crippen LogP contribution >= 0.6 is 38.9 Å². The molecule has 0 radical (unpaired) electrons. The molecule has 0 saturated carbocycles. The largest absolute Gasteiger partial charge is 0.424 e. The monoisotopic (exact) mass is 463 g/mol. The summed E-state index contributed by atoms with van der Waals surface area (Å²) in [4.78, 5) is 12.6. The lowest BCUT2D eigenvalue weighted by Gasteiger charge is -2.22. The Labute approximate surface area is 163 Å². The van der Waals surface area contributed by atoms with Gasteiger partial charge in [-0.05, 0) is 65.5 Å². The van der Waals surface area contributed by atoms with Crippen LogP contribution in [-0.4, -0.2) is 31.3 Å². The van der Waals surface area contributed by atoms with Gasteiger partial charge in [0.15, 0.2) is 0 Å². The van der Waals surface area contributed by atoms with Gasteiger partial charge in [0.1, 0.15) is 16.0 Å². The first-order chi connectivity index (χ1) is 11.8. The summed E-state index contributed by atoms with van der Waals surface area (Å²) >= 11 is 10.4. The second-order valence-corrected chi connectivity index (χ2v) is 10.7. The minimum Gasteiger partial charge on any atom is -0.424 e. The van der Waals surface area contributed by atoms with Crippen LogP contribution < -0.4 is 4.74 Å². The lowest BCUT2D eigenvalue weighted by Crippen LogP contribution is -2.42. The highest BCUT2D eigenvalue weighted by molar-refractivity contribution is 9.11. The third-order valence-electron chi connectivity index (χ3n) is 3.88. The van der Waals surface area contributed by atoms with Crippen molar-refractivity contribution >= 4 is 54.9 Å². The number of ether oxygens (including phenoxy) is 1. The molecule has 9 heteroatoms. The Hall–Kier alpha value is -0.930. The van der Waals surface area contributed by atoms with Gasteiger partial charge < -0.3 is 4.74 Å². The minimum absolute atomic E-state index is 0.202. The van der Waals surface area contributed by atoms with E-state index in [-0.39, 0.29) is 9.96 Å². The summed E-state index contributed by atoms with van der Waals surface area (Å²) in [5.74, 6) is -0.362. The molecule has 1 aromatic carbocycles. The fraction of sp³-hybridized carbons (Fsp3) is 0.312. The molecule has 134 valence electrons. The zero-order valence-electron chi connectivity index (χ0n) is 13.2. The van der Waals surface area contributed by atoms with E-state index in [4.69, 9.17) is 16.3 Å². The Bertz CT molecular complexity index is 913. The van der Waals surface area contributed by atoms with Gasteiger partial charge in [-0.3, -0.25) is 0 Å². The van der Waals surface area contributed by atoms with Crippen molar-refractivity contribution in [3.63, 3.8) is 0 Å². The molecule has 0 amide bonds. The number of aryl methyl sites for hydroxylation is 1. The lowest BCUT2D eigenvalue weighted by atomic mass is 10.2. The highest BCUT2D eigenvalue weighted by Gasteiger charge is 2.41. The van der Waals surface area contributed by atoms with Crippen LogP contribution in [0.3, 0.4) is 0 Å². The fourth-order valence-corrected chi connectivity index (χ4v) is 6.62. The van der Waals surface area contributed by atoms with Gasteiger partial charge in [-0.1, -0.05) is 17.7 Å². The minimum atomic E-state index is -3.73. The highest BCUT2D eigenvalue weighted by Crippen LogP contribution is 2.33. The van der Waals surface area contributed by atoms with E-state index in [9.17, 15) is 13.2 Å². The van der Waals surface area contributed by atoms with E-state index >= 15 is 0 Å². The number of carbonyl (C=O) groups excluding carboxylic acids is 1. The maximum absolute atomic E-state index is 12.8. The van der Waals surface area contributed by atoms with E-state index in [1.807, 2.05) is 6.92 Å². The van der Waals surface area contributed by atoms with E-state index in [0.717, 1.165) is 20.7 Å². The molecule has 1 aliphatic rings. The summed E-state index contributed by atoms with van der Waals surface area (Å²) in [6, 6.07) is 7.47. The lowest BCUT2D eigenvalue weighted by molar-refractivity contribution is -0.137. The summed E-state index contributed by atoms with van der Waals surface area (Å²) in [7, 11) is -3.73. The van der Waals surface area contributed by atoms with Crippen molar-refractivity contribution in [2.45, 2.75) is 30.0 Å². The van der Waals surface area contributed by atoms with Gasteiger partial charge in [-0.2, -0.15) is 4.31 Å². The maximum atomic E-state index is 12.8. The number of halogens is 2. The first-order valence-corrected chi connectivity index (χ1v) is 11.0. The number of sulfonamides is 1. The van der Waals surface area contributed by atoms with Crippen LogP contribution in [0.25, 0.3) is 0 Å². The number of thiophene rings is 1. The van der Waals surface area contributed by atoms with Crippen molar-refractivity contribution in [2.24, 2.45) is 0 Å². The maximum Gasteiger partial charge on any atom is 0.329 e. The van der Waals surface area contributed by atoms with Gasteiger partial charge in [-0.15, -0.1) is 11.3 Å². The molecule has 0 bridgehead atoms. The normalized spacial score (nSPS) is 18.4. The second kappa shape index (κ2) is 7.36. The molecule has 5 nitrogen and oxygen atoms in total. The number of rotatable bonds is 4. The van der Waals surface area contributed by atoms with Crippen molar-refractivity contribution in [3.05, 3.63) is 44.7 Å². The predicted molar refractivity (Wildman–Crippen MR) is 101 cm³/mol. The summed E-state index contributed by atoms with van der Waals surface area (Å²) in [6.45, 7) is 2.15. The number of hydrogen-bond acceptors (Lipinski definition) is 5. The molecular weight excluding hydrogens is 450 g/mol. The topological polar surface area (TPSA) is 63.7 Å². The highest BCUT2D eigenvalue weighted by atomic mass is 79.9. The molecule has 2 heterocycles. The molecular formula is C16H15BrClNO4S2. The quantitative estimate of drug-likeness (QED) is 0.502. The van der Waals surface area contributed by atoms with Gasteiger partial charge in [0.05, 0.1) is 8.81 Å². The van der Waals surface area contributed by atoms with Crippen LogP contribution in [-0.2, 0) is 14.8 Å². The molecule has 1 saturated heterocycles.